The minimum atomic E-state index is -0.941. The fraction of sp³-hybridized carbons (Fsp3) is 0.150. The smallest absolute Gasteiger partial charge is 0.328 e. The number of allylic oxidation sites excluding steroid dienone is 2. The molecule has 2 N–H and O–H groups in total. The highest BCUT2D eigenvalue weighted by molar-refractivity contribution is 5.90. The zero-order valence-electron chi connectivity index (χ0n) is 13.3. The van der Waals surface area contributed by atoms with Crippen LogP contribution in [-0.2, 0) is 4.79 Å². The van der Waals surface area contributed by atoms with Crippen LogP contribution in [0.1, 0.15) is 25.0 Å². The summed E-state index contributed by atoms with van der Waals surface area (Å²) in [5, 5.41) is 17.8. The lowest BCUT2D eigenvalue weighted by Gasteiger charge is -2.07. The fourth-order valence-corrected chi connectivity index (χ4v) is 2.39. The summed E-state index contributed by atoms with van der Waals surface area (Å²) >= 11 is 0. The number of aliphatic carboxylic acids is 1. The van der Waals surface area contributed by atoms with Crippen molar-refractivity contribution < 1.29 is 15.0 Å². The quantitative estimate of drug-likeness (QED) is 0.812. The molecule has 0 saturated heterocycles. The number of carboxylic acid groups (broad SMARTS) is 1. The van der Waals surface area contributed by atoms with Crippen LogP contribution in [0.4, 0.5) is 0 Å². The monoisotopic (exact) mass is 308 g/mol. The maximum atomic E-state index is 10.8. The molecule has 0 aliphatic carbocycles. The lowest BCUT2D eigenvalue weighted by Crippen LogP contribution is -1.90. The maximum Gasteiger partial charge on any atom is 0.328 e. The Morgan fingerprint density at radius 2 is 1.65 bits per heavy atom. The van der Waals surface area contributed by atoms with Gasteiger partial charge in [0.1, 0.15) is 0 Å². The van der Waals surface area contributed by atoms with Crippen LogP contribution in [0.15, 0.2) is 60.7 Å². The normalized spacial score (nSPS) is 12.3. The van der Waals surface area contributed by atoms with Gasteiger partial charge in [-0.2, -0.15) is 0 Å². The molecule has 2 aromatic carbocycles. The third-order valence-corrected chi connectivity index (χ3v) is 3.73. The van der Waals surface area contributed by atoms with Gasteiger partial charge < -0.3 is 10.2 Å². The number of aliphatic hydroxyl groups excluding tert-OH is 1. The molecular weight excluding hydrogens is 288 g/mol. The first kappa shape index (κ1) is 16.7. The summed E-state index contributed by atoms with van der Waals surface area (Å²) in [7, 11) is 0. The number of hydrogen-bond acceptors (Lipinski definition) is 2. The first-order valence-electron chi connectivity index (χ1n) is 7.41. The predicted molar refractivity (Wildman–Crippen MR) is 93.9 cm³/mol. The number of hydrogen-bond donors (Lipinski definition) is 2. The molecule has 0 fully saturated rings. The zero-order valence-corrected chi connectivity index (χ0v) is 13.3. The summed E-state index contributed by atoms with van der Waals surface area (Å²) in [4.78, 5) is 10.8. The van der Waals surface area contributed by atoms with Crippen LogP contribution < -0.4 is 0 Å². The van der Waals surface area contributed by atoms with Crippen molar-refractivity contribution in [2.75, 3.05) is 6.61 Å². The van der Waals surface area contributed by atoms with Crippen molar-refractivity contribution in [1.82, 2.24) is 0 Å². The van der Waals surface area contributed by atoms with Gasteiger partial charge in [-0.1, -0.05) is 48.5 Å². The number of aliphatic hydroxyl groups is 1. The third kappa shape index (κ3) is 4.41. The lowest BCUT2D eigenvalue weighted by molar-refractivity contribution is -0.131. The molecule has 0 bridgehead atoms. The van der Waals surface area contributed by atoms with E-state index in [0.29, 0.717) is 0 Å². The molecule has 0 atom stereocenters. The van der Waals surface area contributed by atoms with Gasteiger partial charge in [-0.05, 0) is 53.3 Å². The van der Waals surface area contributed by atoms with E-state index in [1.165, 1.54) is 6.08 Å². The second kappa shape index (κ2) is 7.56. The maximum absolute atomic E-state index is 10.8. The molecular formula is C20H20O3. The van der Waals surface area contributed by atoms with E-state index in [1.807, 2.05) is 55.5 Å². The Hall–Kier alpha value is -2.65. The number of carbonyl (C=O) groups is 1. The van der Waals surface area contributed by atoms with Gasteiger partial charge in [0.2, 0.25) is 0 Å². The molecule has 2 rings (SSSR count). The van der Waals surface area contributed by atoms with Crippen molar-refractivity contribution >= 4 is 17.1 Å². The lowest BCUT2D eigenvalue weighted by atomic mass is 9.97. The molecule has 0 amide bonds. The Balaban J connectivity index is 2.32. The highest BCUT2D eigenvalue weighted by Gasteiger charge is 2.03. The topological polar surface area (TPSA) is 57.5 Å². The second-order valence-electron chi connectivity index (χ2n) is 5.39. The van der Waals surface area contributed by atoms with Gasteiger partial charge in [-0.15, -0.1) is 0 Å². The van der Waals surface area contributed by atoms with Gasteiger partial charge in [-0.3, -0.25) is 0 Å². The van der Waals surface area contributed by atoms with Crippen LogP contribution >= 0.6 is 0 Å². The minimum absolute atomic E-state index is 0.0326. The van der Waals surface area contributed by atoms with Crippen LogP contribution in [-0.4, -0.2) is 22.8 Å². The van der Waals surface area contributed by atoms with E-state index in [2.05, 4.69) is 0 Å². The van der Waals surface area contributed by atoms with Gasteiger partial charge >= 0.3 is 5.97 Å². The number of benzene rings is 2. The van der Waals surface area contributed by atoms with Crippen molar-refractivity contribution in [3.63, 3.8) is 0 Å². The highest BCUT2D eigenvalue weighted by Crippen LogP contribution is 2.25. The van der Waals surface area contributed by atoms with E-state index in [9.17, 15) is 4.79 Å². The van der Waals surface area contributed by atoms with Crippen molar-refractivity contribution in [1.29, 1.82) is 0 Å². The summed E-state index contributed by atoms with van der Waals surface area (Å²) in [6.45, 7) is 3.79. The van der Waals surface area contributed by atoms with Gasteiger partial charge in [0, 0.05) is 6.08 Å². The van der Waals surface area contributed by atoms with E-state index < -0.39 is 5.97 Å². The molecule has 0 radical (unpaired) electrons. The largest absolute Gasteiger partial charge is 0.478 e. The average molecular weight is 308 g/mol. The first-order chi connectivity index (χ1) is 11.0. The molecule has 0 aliphatic rings. The van der Waals surface area contributed by atoms with E-state index in [4.69, 9.17) is 10.2 Å². The van der Waals surface area contributed by atoms with E-state index in [0.717, 1.165) is 33.4 Å². The summed E-state index contributed by atoms with van der Waals surface area (Å²) in [6.07, 6.45) is 2.99. The van der Waals surface area contributed by atoms with Crippen molar-refractivity contribution in [2.24, 2.45) is 0 Å². The van der Waals surface area contributed by atoms with Crippen LogP contribution in [0.25, 0.3) is 22.3 Å². The summed E-state index contributed by atoms with van der Waals surface area (Å²) in [5.74, 6) is -0.941. The fourth-order valence-electron chi connectivity index (χ4n) is 2.39. The SMILES string of the molecule is CC(=CCO)c1ccc(-c2cccc(C(C)=CC(=O)O)c2)cc1. The molecule has 0 aliphatic heterocycles. The molecule has 3 heteroatoms. The van der Waals surface area contributed by atoms with Crippen molar-refractivity contribution in [3.8, 4) is 11.1 Å². The number of carboxylic acids is 1. The predicted octanol–water partition coefficient (Wildman–Crippen LogP) is 4.24. The Bertz CT molecular complexity index is 753. The third-order valence-electron chi connectivity index (χ3n) is 3.73. The Morgan fingerprint density at radius 3 is 2.26 bits per heavy atom. The molecule has 0 heterocycles. The summed E-state index contributed by atoms with van der Waals surface area (Å²) < 4.78 is 0. The Kier molecular flexibility index (Phi) is 5.50. The minimum Gasteiger partial charge on any atom is -0.478 e. The molecule has 0 spiro atoms. The molecule has 0 saturated carbocycles. The van der Waals surface area contributed by atoms with Crippen molar-refractivity contribution in [2.45, 2.75) is 13.8 Å². The highest BCUT2D eigenvalue weighted by atomic mass is 16.4. The van der Waals surface area contributed by atoms with Crippen LogP contribution in [0.3, 0.4) is 0 Å². The Morgan fingerprint density at radius 1 is 0.957 bits per heavy atom. The van der Waals surface area contributed by atoms with Crippen LogP contribution in [0.5, 0.6) is 0 Å². The van der Waals surface area contributed by atoms with Crippen LogP contribution in [0.2, 0.25) is 0 Å². The molecule has 0 aromatic heterocycles. The van der Waals surface area contributed by atoms with Crippen molar-refractivity contribution in [3.05, 3.63) is 71.8 Å². The van der Waals surface area contributed by atoms with Gasteiger partial charge in [0.15, 0.2) is 0 Å². The van der Waals surface area contributed by atoms with E-state index >= 15 is 0 Å². The average Bonchev–Trinajstić information content (AvgIpc) is 2.55. The van der Waals surface area contributed by atoms with E-state index in [1.54, 1.807) is 13.0 Å². The molecule has 118 valence electrons. The summed E-state index contributed by atoms with van der Waals surface area (Å²) in [6, 6.07) is 15.9. The molecule has 3 nitrogen and oxygen atoms in total. The molecule has 0 unspecified atom stereocenters. The van der Waals surface area contributed by atoms with Crippen LogP contribution in [0, 0.1) is 0 Å². The second-order valence-corrected chi connectivity index (χ2v) is 5.39. The standard InChI is InChI=1S/C20H20O3/c1-14(10-11-21)16-6-8-17(9-7-16)19-5-3-4-18(13-19)15(2)12-20(22)23/h3-10,12-13,21H,11H2,1-2H3,(H,22,23). The molecule has 23 heavy (non-hydrogen) atoms. The Labute approximate surface area is 136 Å². The summed E-state index contributed by atoms with van der Waals surface area (Å²) in [5.41, 5.74) is 5.82. The van der Waals surface area contributed by atoms with Gasteiger partial charge in [0.25, 0.3) is 0 Å². The first-order valence-corrected chi connectivity index (χ1v) is 7.41. The number of rotatable bonds is 5. The zero-order chi connectivity index (χ0) is 16.8. The molecule has 2 aromatic rings. The van der Waals surface area contributed by atoms with E-state index in [-0.39, 0.29) is 6.61 Å². The van der Waals surface area contributed by atoms with Gasteiger partial charge in [0.05, 0.1) is 6.61 Å². The van der Waals surface area contributed by atoms with Gasteiger partial charge in [-0.25, -0.2) is 4.79 Å².